The van der Waals surface area contributed by atoms with E-state index in [9.17, 15) is 4.79 Å². The van der Waals surface area contributed by atoms with Gasteiger partial charge in [-0.15, -0.1) is 0 Å². The Morgan fingerprint density at radius 1 is 1.06 bits per heavy atom. The molecule has 0 aliphatic carbocycles. The summed E-state index contributed by atoms with van der Waals surface area (Å²) in [5.74, 6) is 0. The Hall–Kier alpha value is -2.36. The molecule has 1 heterocycles. The van der Waals surface area contributed by atoms with Gasteiger partial charge >= 0.3 is 0 Å². The molecule has 0 spiro atoms. The Kier molecular flexibility index (Phi) is 3.13. The van der Waals surface area contributed by atoms with Crippen LogP contribution in [0.3, 0.4) is 0 Å². The number of nitrogens with one attached hydrogen (secondary N) is 2. The SMILES string of the molecule is O=CNc1cnccc1Nc1ccccc1. The highest BCUT2D eigenvalue weighted by atomic mass is 16.1. The van der Waals surface area contributed by atoms with Crippen LogP contribution in [-0.2, 0) is 4.79 Å². The first kappa shape index (κ1) is 10.2. The van der Waals surface area contributed by atoms with Crippen molar-refractivity contribution in [3.05, 3.63) is 48.8 Å². The van der Waals surface area contributed by atoms with Gasteiger partial charge in [-0.05, 0) is 18.2 Å². The highest BCUT2D eigenvalue weighted by Gasteiger charge is 2.00. The highest BCUT2D eigenvalue weighted by molar-refractivity contribution is 5.82. The number of hydrogen-bond acceptors (Lipinski definition) is 3. The maximum atomic E-state index is 10.4. The summed E-state index contributed by atoms with van der Waals surface area (Å²) in [5, 5.41) is 5.79. The maximum absolute atomic E-state index is 10.4. The van der Waals surface area contributed by atoms with E-state index < -0.39 is 0 Å². The summed E-state index contributed by atoms with van der Waals surface area (Å²) >= 11 is 0. The van der Waals surface area contributed by atoms with E-state index in [0.717, 1.165) is 11.4 Å². The summed E-state index contributed by atoms with van der Waals surface area (Å²) in [7, 11) is 0. The van der Waals surface area contributed by atoms with Gasteiger partial charge in [-0.2, -0.15) is 0 Å². The molecule has 2 rings (SSSR count). The van der Waals surface area contributed by atoms with Crippen molar-refractivity contribution in [3.8, 4) is 0 Å². The summed E-state index contributed by atoms with van der Waals surface area (Å²) in [6.45, 7) is 0. The van der Waals surface area contributed by atoms with E-state index >= 15 is 0 Å². The molecule has 1 amide bonds. The minimum Gasteiger partial charge on any atom is -0.354 e. The van der Waals surface area contributed by atoms with E-state index in [-0.39, 0.29) is 0 Å². The van der Waals surface area contributed by atoms with Crippen LogP contribution >= 0.6 is 0 Å². The van der Waals surface area contributed by atoms with Crippen molar-refractivity contribution in [1.29, 1.82) is 0 Å². The average Bonchev–Trinajstić information content (AvgIpc) is 2.33. The predicted molar refractivity (Wildman–Crippen MR) is 63.6 cm³/mol. The second kappa shape index (κ2) is 4.93. The number of pyridine rings is 1. The first-order valence-corrected chi connectivity index (χ1v) is 4.86. The highest BCUT2D eigenvalue weighted by Crippen LogP contribution is 2.23. The average molecular weight is 213 g/mol. The molecule has 0 bridgehead atoms. The van der Waals surface area contributed by atoms with Crippen LogP contribution in [0.4, 0.5) is 17.1 Å². The number of carbonyl (C=O) groups excluding carboxylic acids is 1. The maximum Gasteiger partial charge on any atom is 0.211 e. The molecule has 80 valence electrons. The van der Waals surface area contributed by atoms with Gasteiger partial charge in [-0.25, -0.2) is 0 Å². The molecule has 0 aliphatic rings. The van der Waals surface area contributed by atoms with E-state index in [4.69, 9.17) is 0 Å². The summed E-state index contributed by atoms with van der Waals surface area (Å²) in [4.78, 5) is 14.4. The van der Waals surface area contributed by atoms with E-state index in [2.05, 4.69) is 15.6 Å². The zero-order chi connectivity index (χ0) is 11.2. The van der Waals surface area contributed by atoms with Crippen molar-refractivity contribution >= 4 is 23.5 Å². The first-order chi connectivity index (χ1) is 7.90. The van der Waals surface area contributed by atoms with Gasteiger partial charge in [0.1, 0.15) is 0 Å². The number of carbonyl (C=O) groups is 1. The Morgan fingerprint density at radius 3 is 2.62 bits per heavy atom. The van der Waals surface area contributed by atoms with Crippen LogP contribution in [0.2, 0.25) is 0 Å². The van der Waals surface area contributed by atoms with E-state index in [1.807, 2.05) is 30.3 Å². The quantitative estimate of drug-likeness (QED) is 0.767. The second-order valence-corrected chi connectivity index (χ2v) is 3.17. The molecule has 0 unspecified atom stereocenters. The number of benzene rings is 1. The number of rotatable bonds is 4. The van der Waals surface area contributed by atoms with Crippen molar-refractivity contribution in [2.24, 2.45) is 0 Å². The third-order valence-corrected chi connectivity index (χ3v) is 2.09. The van der Waals surface area contributed by atoms with Gasteiger partial charge in [0, 0.05) is 11.9 Å². The Bertz CT molecular complexity index is 471. The normalized spacial score (nSPS) is 9.50. The Balaban J connectivity index is 2.24. The van der Waals surface area contributed by atoms with Crippen molar-refractivity contribution < 1.29 is 4.79 Å². The molecule has 2 aromatic rings. The van der Waals surface area contributed by atoms with E-state index in [1.54, 1.807) is 18.5 Å². The molecular weight excluding hydrogens is 202 g/mol. The van der Waals surface area contributed by atoms with Crippen LogP contribution in [0, 0.1) is 0 Å². The standard InChI is InChI=1S/C12H11N3O/c16-9-14-12-8-13-7-6-11(12)15-10-4-2-1-3-5-10/h1-9H,(H,13,15)(H,14,16). The van der Waals surface area contributed by atoms with Gasteiger partial charge in [0.25, 0.3) is 0 Å². The minimum atomic E-state index is 0.632. The van der Waals surface area contributed by atoms with E-state index in [1.165, 1.54) is 0 Å². The van der Waals surface area contributed by atoms with Crippen molar-refractivity contribution in [1.82, 2.24) is 4.98 Å². The molecule has 4 heteroatoms. The van der Waals surface area contributed by atoms with E-state index in [0.29, 0.717) is 12.1 Å². The van der Waals surface area contributed by atoms with Crippen molar-refractivity contribution in [2.45, 2.75) is 0 Å². The fourth-order valence-corrected chi connectivity index (χ4v) is 1.36. The molecule has 0 saturated carbocycles. The fraction of sp³-hybridized carbons (Fsp3) is 0. The molecule has 0 saturated heterocycles. The summed E-state index contributed by atoms with van der Waals surface area (Å²) in [6.07, 6.45) is 3.90. The predicted octanol–water partition coefficient (Wildman–Crippen LogP) is 2.39. The molecule has 1 aromatic carbocycles. The third kappa shape index (κ3) is 2.36. The summed E-state index contributed by atoms with van der Waals surface area (Å²) < 4.78 is 0. The lowest BCUT2D eigenvalue weighted by atomic mass is 10.3. The molecule has 2 N–H and O–H groups in total. The van der Waals surface area contributed by atoms with Gasteiger partial charge in [0.05, 0.1) is 17.6 Å². The Morgan fingerprint density at radius 2 is 1.88 bits per heavy atom. The lowest BCUT2D eigenvalue weighted by molar-refractivity contribution is -0.105. The zero-order valence-corrected chi connectivity index (χ0v) is 8.55. The molecule has 0 fully saturated rings. The van der Waals surface area contributed by atoms with Crippen LogP contribution in [0.15, 0.2) is 48.8 Å². The van der Waals surface area contributed by atoms with Gasteiger partial charge in [-0.1, -0.05) is 18.2 Å². The number of hydrogen-bond donors (Lipinski definition) is 2. The fourth-order valence-electron chi connectivity index (χ4n) is 1.36. The largest absolute Gasteiger partial charge is 0.354 e. The number of aromatic nitrogens is 1. The lowest BCUT2D eigenvalue weighted by Gasteiger charge is -2.09. The van der Waals surface area contributed by atoms with Crippen LogP contribution in [0.1, 0.15) is 0 Å². The topological polar surface area (TPSA) is 54.0 Å². The molecule has 0 radical (unpaired) electrons. The van der Waals surface area contributed by atoms with Crippen molar-refractivity contribution in [2.75, 3.05) is 10.6 Å². The van der Waals surface area contributed by atoms with Gasteiger partial charge in [0.15, 0.2) is 0 Å². The van der Waals surface area contributed by atoms with Gasteiger partial charge in [-0.3, -0.25) is 9.78 Å². The van der Waals surface area contributed by atoms with Crippen molar-refractivity contribution in [3.63, 3.8) is 0 Å². The monoisotopic (exact) mass is 213 g/mol. The smallest absolute Gasteiger partial charge is 0.211 e. The van der Waals surface area contributed by atoms with Crippen LogP contribution in [-0.4, -0.2) is 11.4 Å². The van der Waals surface area contributed by atoms with Crippen LogP contribution < -0.4 is 10.6 Å². The number of anilines is 3. The van der Waals surface area contributed by atoms with Crippen LogP contribution in [0.5, 0.6) is 0 Å². The molecule has 4 nitrogen and oxygen atoms in total. The first-order valence-electron chi connectivity index (χ1n) is 4.86. The molecule has 0 aliphatic heterocycles. The summed E-state index contributed by atoms with van der Waals surface area (Å²) in [6, 6.07) is 11.5. The summed E-state index contributed by atoms with van der Waals surface area (Å²) in [5.41, 5.74) is 2.43. The Labute approximate surface area is 93.3 Å². The number of amides is 1. The van der Waals surface area contributed by atoms with Gasteiger partial charge in [0.2, 0.25) is 6.41 Å². The molecule has 16 heavy (non-hydrogen) atoms. The third-order valence-electron chi connectivity index (χ3n) is 2.09. The van der Waals surface area contributed by atoms with Crippen LogP contribution in [0.25, 0.3) is 0 Å². The second-order valence-electron chi connectivity index (χ2n) is 3.17. The lowest BCUT2D eigenvalue weighted by Crippen LogP contribution is -1.99. The molecular formula is C12H11N3O. The number of nitrogens with zero attached hydrogens (tertiary/aromatic N) is 1. The molecule has 0 atom stereocenters. The minimum absolute atomic E-state index is 0.632. The zero-order valence-electron chi connectivity index (χ0n) is 8.55. The molecule has 1 aromatic heterocycles. The van der Waals surface area contributed by atoms with Gasteiger partial charge < -0.3 is 10.6 Å². The number of para-hydroxylation sites is 1.